The molecule has 0 aliphatic rings. The van der Waals surface area contributed by atoms with E-state index in [4.69, 9.17) is 4.52 Å². The lowest BCUT2D eigenvalue weighted by Gasteiger charge is -1.95. The average molecular weight is 239 g/mol. The molecule has 0 saturated carbocycles. The summed E-state index contributed by atoms with van der Waals surface area (Å²) in [5.41, 5.74) is 2.07. The summed E-state index contributed by atoms with van der Waals surface area (Å²) in [6.07, 6.45) is 0. The molecule has 2 aromatic carbocycles. The lowest BCUT2D eigenvalue weighted by Crippen LogP contribution is -1.79. The molecule has 0 bridgehead atoms. The summed E-state index contributed by atoms with van der Waals surface area (Å²) in [6, 6.07) is 17.9. The molecule has 3 aromatic rings. The van der Waals surface area contributed by atoms with Crippen molar-refractivity contribution < 1.29 is 8.91 Å². The molecular weight excluding hydrogens is 229 g/mol. The average Bonchev–Trinajstić information content (AvgIpc) is 2.90. The molecule has 3 rings (SSSR count). The molecule has 1 heterocycles. The van der Waals surface area contributed by atoms with Gasteiger partial charge in [-0.1, -0.05) is 47.6 Å². The highest BCUT2D eigenvalue weighted by atomic mass is 19.1. The summed E-state index contributed by atoms with van der Waals surface area (Å²) in [5, 5.41) is 3.96. The molecule has 1 aromatic heterocycles. The number of hydrogen-bond acceptors (Lipinski definition) is 2. The van der Waals surface area contributed by atoms with Gasteiger partial charge in [-0.3, -0.25) is 0 Å². The normalized spacial score (nSPS) is 10.5. The molecular formula is C15H10FNO. The van der Waals surface area contributed by atoms with Crippen LogP contribution in [-0.4, -0.2) is 5.16 Å². The van der Waals surface area contributed by atoms with Gasteiger partial charge in [0.2, 0.25) is 0 Å². The van der Waals surface area contributed by atoms with Crippen LogP contribution in [0.3, 0.4) is 0 Å². The minimum Gasteiger partial charge on any atom is -0.356 e. The van der Waals surface area contributed by atoms with Crippen molar-refractivity contribution in [1.29, 1.82) is 0 Å². The van der Waals surface area contributed by atoms with E-state index in [0.717, 1.165) is 5.56 Å². The molecule has 0 unspecified atom stereocenters. The Morgan fingerprint density at radius 2 is 1.61 bits per heavy atom. The van der Waals surface area contributed by atoms with Gasteiger partial charge in [-0.05, 0) is 12.1 Å². The van der Waals surface area contributed by atoms with Crippen LogP contribution < -0.4 is 0 Å². The molecule has 0 radical (unpaired) electrons. The number of rotatable bonds is 2. The highest BCUT2D eigenvalue weighted by Crippen LogP contribution is 2.27. The molecule has 88 valence electrons. The number of aromatic nitrogens is 1. The molecule has 0 spiro atoms. The van der Waals surface area contributed by atoms with Crippen LogP contribution in [-0.2, 0) is 0 Å². The number of halogens is 1. The first-order valence-electron chi connectivity index (χ1n) is 5.61. The third-order valence-electron chi connectivity index (χ3n) is 2.72. The summed E-state index contributed by atoms with van der Waals surface area (Å²) < 4.78 is 18.8. The summed E-state index contributed by atoms with van der Waals surface area (Å²) >= 11 is 0. The molecule has 0 amide bonds. The van der Waals surface area contributed by atoms with Crippen molar-refractivity contribution in [2.75, 3.05) is 0 Å². The Morgan fingerprint density at radius 3 is 2.39 bits per heavy atom. The van der Waals surface area contributed by atoms with Crippen LogP contribution in [0.15, 0.2) is 65.2 Å². The van der Waals surface area contributed by atoms with Crippen molar-refractivity contribution in [1.82, 2.24) is 5.16 Å². The first-order chi connectivity index (χ1) is 8.84. The zero-order valence-corrected chi connectivity index (χ0v) is 9.51. The molecule has 0 aliphatic heterocycles. The lowest BCUT2D eigenvalue weighted by molar-refractivity contribution is 0.432. The minimum absolute atomic E-state index is 0.312. The van der Waals surface area contributed by atoms with Gasteiger partial charge in [0.1, 0.15) is 11.5 Å². The van der Waals surface area contributed by atoms with Crippen molar-refractivity contribution >= 4 is 0 Å². The Balaban J connectivity index is 2.03. The number of benzene rings is 2. The maximum atomic E-state index is 13.6. The van der Waals surface area contributed by atoms with E-state index in [0.29, 0.717) is 17.0 Å². The van der Waals surface area contributed by atoms with Crippen LogP contribution in [0.4, 0.5) is 4.39 Å². The molecule has 0 fully saturated rings. The highest BCUT2D eigenvalue weighted by molar-refractivity contribution is 5.66. The van der Waals surface area contributed by atoms with E-state index < -0.39 is 0 Å². The summed E-state index contributed by atoms with van der Waals surface area (Å²) in [5.74, 6) is 0.125. The smallest absolute Gasteiger partial charge is 0.170 e. The summed E-state index contributed by atoms with van der Waals surface area (Å²) in [6.45, 7) is 0. The van der Waals surface area contributed by atoms with Crippen LogP contribution in [0.5, 0.6) is 0 Å². The van der Waals surface area contributed by atoms with Crippen molar-refractivity contribution in [3.05, 3.63) is 66.5 Å². The third-order valence-corrected chi connectivity index (χ3v) is 2.72. The van der Waals surface area contributed by atoms with Gasteiger partial charge < -0.3 is 4.52 Å². The van der Waals surface area contributed by atoms with Gasteiger partial charge in [-0.2, -0.15) is 0 Å². The lowest BCUT2D eigenvalue weighted by atomic mass is 10.1. The van der Waals surface area contributed by atoms with Crippen LogP contribution >= 0.6 is 0 Å². The molecule has 0 N–H and O–H groups in total. The summed E-state index contributed by atoms with van der Waals surface area (Å²) in [4.78, 5) is 0. The van der Waals surface area contributed by atoms with Crippen LogP contribution in [0.2, 0.25) is 0 Å². The standard InChI is InChI=1S/C15H10FNO/c16-13-9-5-4-8-12(13)15-10-14(17-18-15)11-6-2-1-3-7-11/h1-10H. The van der Waals surface area contributed by atoms with E-state index in [1.165, 1.54) is 6.07 Å². The highest BCUT2D eigenvalue weighted by Gasteiger charge is 2.11. The fraction of sp³-hybridized carbons (Fsp3) is 0. The van der Waals surface area contributed by atoms with E-state index in [2.05, 4.69) is 5.16 Å². The SMILES string of the molecule is Fc1ccccc1-c1cc(-c2ccccc2)no1. The largest absolute Gasteiger partial charge is 0.356 e. The van der Waals surface area contributed by atoms with E-state index in [1.807, 2.05) is 30.3 Å². The zero-order valence-electron chi connectivity index (χ0n) is 9.51. The third kappa shape index (κ3) is 1.91. The van der Waals surface area contributed by atoms with Crippen LogP contribution in [0.1, 0.15) is 0 Å². The van der Waals surface area contributed by atoms with Gasteiger partial charge in [0, 0.05) is 11.6 Å². The van der Waals surface area contributed by atoms with E-state index >= 15 is 0 Å². The van der Waals surface area contributed by atoms with E-state index in [-0.39, 0.29) is 5.82 Å². The minimum atomic E-state index is -0.312. The fourth-order valence-electron chi connectivity index (χ4n) is 1.81. The molecule has 0 atom stereocenters. The monoisotopic (exact) mass is 239 g/mol. The van der Waals surface area contributed by atoms with Gasteiger partial charge in [0.15, 0.2) is 5.76 Å². The maximum Gasteiger partial charge on any atom is 0.170 e. The first kappa shape index (κ1) is 10.7. The van der Waals surface area contributed by atoms with E-state index in [1.54, 1.807) is 24.3 Å². The van der Waals surface area contributed by atoms with Crippen molar-refractivity contribution in [3.8, 4) is 22.6 Å². The second-order valence-electron chi connectivity index (χ2n) is 3.92. The molecule has 0 aliphatic carbocycles. The van der Waals surface area contributed by atoms with Crippen LogP contribution in [0.25, 0.3) is 22.6 Å². The molecule has 3 heteroatoms. The van der Waals surface area contributed by atoms with Crippen molar-refractivity contribution in [3.63, 3.8) is 0 Å². The molecule has 18 heavy (non-hydrogen) atoms. The van der Waals surface area contributed by atoms with Crippen molar-refractivity contribution in [2.24, 2.45) is 0 Å². The zero-order chi connectivity index (χ0) is 12.4. The number of nitrogens with zero attached hydrogens (tertiary/aromatic N) is 1. The van der Waals surface area contributed by atoms with E-state index in [9.17, 15) is 4.39 Å². The Labute approximate surface area is 104 Å². The predicted molar refractivity (Wildman–Crippen MR) is 67.3 cm³/mol. The van der Waals surface area contributed by atoms with Gasteiger partial charge >= 0.3 is 0 Å². The second-order valence-corrected chi connectivity index (χ2v) is 3.92. The van der Waals surface area contributed by atoms with Gasteiger partial charge in [-0.15, -0.1) is 0 Å². The fourth-order valence-corrected chi connectivity index (χ4v) is 1.81. The van der Waals surface area contributed by atoms with Gasteiger partial charge in [-0.25, -0.2) is 4.39 Å². The predicted octanol–water partition coefficient (Wildman–Crippen LogP) is 4.15. The Kier molecular flexibility index (Phi) is 2.65. The maximum absolute atomic E-state index is 13.6. The van der Waals surface area contributed by atoms with Crippen molar-refractivity contribution in [2.45, 2.75) is 0 Å². The Hall–Kier alpha value is -2.42. The molecule has 0 saturated heterocycles. The van der Waals surface area contributed by atoms with Crippen LogP contribution in [0, 0.1) is 5.82 Å². The Bertz CT molecular complexity index is 661. The first-order valence-corrected chi connectivity index (χ1v) is 5.61. The van der Waals surface area contributed by atoms with Gasteiger partial charge in [0.25, 0.3) is 0 Å². The number of hydrogen-bond donors (Lipinski definition) is 0. The Morgan fingerprint density at radius 1 is 0.889 bits per heavy atom. The quantitative estimate of drug-likeness (QED) is 0.671. The topological polar surface area (TPSA) is 26.0 Å². The van der Waals surface area contributed by atoms with Gasteiger partial charge in [0.05, 0.1) is 5.56 Å². The molecule has 2 nitrogen and oxygen atoms in total. The summed E-state index contributed by atoms with van der Waals surface area (Å²) in [7, 11) is 0. The second kappa shape index (κ2) is 4.45.